The van der Waals surface area contributed by atoms with Gasteiger partial charge in [0.1, 0.15) is 0 Å². The third-order valence-electron chi connectivity index (χ3n) is 5.22. The number of aromatic nitrogens is 2. The van der Waals surface area contributed by atoms with Crippen LogP contribution in [0, 0.1) is 13.8 Å². The van der Waals surface area contributed by atoms with E-state index in [0.717, 1.165) is 29.7 Å². The molecule has 144 valence electrons. The van der Waals surface area contributed by atoms with E-state index in [0.29, 0.717) is 28.7 Å². The molecule has 1 saturated carbocycles. The maximum absolute atomic E-state index is 12.8. The average molecular weight is 408 g/mol. The van der Waals surface area contributed by atoms with Crippen LogP contribution in [0.1, 0.15) is 58.5 Å². The topological polar surface area (TPSA) is 81.1 Å². The van der Waals surface area contributed by atoms with Gasteiger partial charge < -0.3 is 5.32 Å². The van der Waals surface area contributed by atoms with Gasteiger partial charge in [-0.3, -0.25) is 9.48 Å². The molecule has 2 aromatic rings. The van der Waals surface area contributed by atoms with E-state index in [-0.39, 0.29) is 23.5 Å². The van der Waals surface area contributed by atoms with Crippen molar-refractivity contribution in [3.05, 3.63) is 45.7 Å². The first-order valence-corrected chi connectivity index (χ1v) is 11.3. The molecular weight excluding hydrogens is 386 g/mol. The molecule has 0 radical (unpaired) electrons. The number of aryl methyl sites for hydroxylation is 2. The summed E-state index contributed by atoms with van der Waals surface area (Å²) in [6, 6.07) is 5.38. The van der Waals surface area contributed by atoms with Gasteiger partial charge in [-0.1, -0.05) is 17.7 Å². The summed E-state index contributed by atoms with van der Waals surface area (Å²) in [5.74, 6) is 0.317. The molecule has 1 aromatic carbocycles. The Hall–Kier alpha value is -1.86. The smallest absolute Gasteiger partial charge is 0.276 e. The summed E-state index contributed by atoms with van der Waals surface area (Å²) in [5.41, 5.74) is 3.76. The van der Waals surface area contributed by atoms with E-state index in [4.69, 9.17) is 11.6 Å². The molecule has 0 spiro atoms. The van der Waals surface area contributed by atoms with Crippen LogP contribution in [0.25, 0.3) is 0 Å². The van der Waals surface area contributed by atoms with Crippen LogP contribution in [-0.4, -0.2) is 35.6 Å². The molecule has 4 rings (SSSR count). The highest BCUT2D eigenvalue weighted by Crippen LogP contribution is 2.42. The normalized spacial score (nSPS) is 21.4. The average Bonchev–Trinajstić information content (AvgIpc) is 3.22. The molecule has 1 unspecified atom stereocenters. The van der Waals surface area contributed by atoms with E-state index < -0.39 is 9.84 Å². The van der Waals surface area contributed by atoms with Gasteiger partial charge in [-0.25, -0.2) is 8.42 Å². The van der Waals surface area contributed by atoms with Crippen LogP contribution in [0.15, 0.2) is 18.2 Å². The first kappa shape index (κ1) is 18.5. The molecule has 1 atom stereocenters. The van der Waals surface area contributed by atoms with Crippen molar-refractivity contribution in [2.45, 2.75) is 45.1 Å². The van der Waals surface area contributed by atoms with Crippen LogP contribution >= 0.6 is 11.6 Å². The number of halogens is 1. The fourth-order valence-corrected chi connectivity index (χ4v) is 5.78. The lowest BCUT2D eigenvalue weighted by atomic mass is 10.1. The summed E-state index contributed by atoms with van der Waals surface area (Å²) >= 11 is 6.29. The van der Waals surface area contributed by atoms with E-state index in [2.05, 4.69) is 10.4 Å². The van der Waals surface area contributed by atoms with Gasteiger partial charge in [0.15, 0.2) is 15.5 Å². The fraction of sp³-hybridized carbons (Fsp3) is 0.474. The maximum Gasteiger partial charge on any atom is 0.276 e. The summed E-state index contributed by atoms with van der Waals surface area (Å²) in [5, 5.41) is 7.84. The van der Waals surface area contributed by atoms with Crippen LogP contribution in [0.2, 0.25) is 5.02 Å². The highest BCUT2D eigenvalue weighted by molar-refractivity contribution is 7.91. The van der Waals surface area contributed by atoms with Gasteiger partial charge in [-0.2, -0.15) is 5.10 Å². The van der Waals surface area contributed by atoms with Crippen molar-refractivity contribution in [3.63, 3.8) is 0 Å². The van der Waals surface area contributed by atoms with Crippen LogP contribution in [0.5, 0.6) is 0 Å². The number of hydrogen-bond donors (Lipinski definition) is 1. The van der Waals surface area contributed by atoms with E-state index in [9.17, 15) is 13.2 Å². The molecule has 8 heteroatoms. The Kier molecular flexibility index (Phi) is 4.55. The number of carbonyl (C=O) groups excluding carboxylic acids is 1. The lowest BCUT2D eigenvalue weighted by Crippen LogP contribution is -2.17. The summed E-state index contributed by atoms with van der Waals surface area (Å²) in [6.07, 6.45) is 2.65. The monoisotopic (exact) mass is 407 g/mol. The maximum atomic E-state index is 12.8. The Morgan fingerprint density at radius 3 is 2.56 bits per heavy atom. The van der Waals surface area contributed by atoms with Crippen molar-refractivity contribution in [1.29, 1.82) is 0 Å². The highest BCUT2D eigenvalue weighted by Gasteiger charge is 2.36. The molecule has 2 fully saturated rings. The van der Waals surface area contributed by atoms with Crippen molar-refractivity contribution < 1.29 is 13.2 Å². The van der Waals surface area contributed by atoms with Gasteiger partial charge in [0.2, 0.25) is 0 Å². The summed E-state index contributed by atoms with van der Waals surface area (Å²) in [6.45, 7) is 3.84. The van der Waals surface area contributed by atoms with Gasteiger partial charge in [-0.05, 0) is 56.4 Å². The number of carbonyl (C=O) groups is 1. The number of nitrogens with zero attached hydrogens (tertiary/aromatic N) is 2. The van der Waals surface area contributed by atoms with Crippen LogP contribution < -0.4 is 5.32 Å². The SMILES string of the molecule is Cc1cc(C)c(NC(=O)c2cc(C3CC3)n(C3CCS(=O)(=O)C3)n2)c(Cl)c1. The zero-order valence-electron chi connectivity index (χ0n) is 15.3. The molecule has 1 N–H and O–H groups in total. The second kappa shape index (κ2) is 6.63. The molecule has 1 saturated heterocycles. The predicted octanol–water partition coefficient (Wildman–Crippen LogP) is 3.64. The molecule has 1 aliphatic heterocycles. The minimum atomic E-state index is -3.02. The second-order valence-electron chi connectivity index (χ2n) is 7.62. The van der Waals surface area contributed by atoms with Crippen molar-refractivity contribution in [3.8, 4) is 0 Å². The van der Waals surface area contributed by atoms with Gasteiger partial charge in [0.05, 0.1) is 28.3 Å². The number of nitrogens with one attached hydrogen (secondary N) is 1. The van der Waals surface area contributed by atoms with Crippen molar-refractivity contribution in [1.82, 2.24) is 9.78 Å². The highest BCUT2D eigenvalue weighted by atomic mass is 35.5. The molecular formula is C19H22ClN3O3S. The Morgan fingerprint density at radius 1 is 1.22 bits per heavy atom. The van der Waals surface area contributed by atoms with Crippen LogP contribution in [-0.2, 0) is 9.84 Å². The zero-order valence-corrected chi connectivity index (χ0v) is 16.9. The third kappa shape index (κ3) is 3.75. The number of rotatable bonds is 4. The van der Waals surface area contributed by atoms with Crippen LogP contribution in [0.3, 0.4) is 0 Å². The van der Waals surface area contributed by atoms with Gasteiger partial charge >= 0.3 is 0 Å². The molecule has 27 heavy (non-hydrogen) atoms. The standard InChI is InChI=1S/C19H22ClN3O3S/c1-11-7-12(2)18(15(20)8-11)21-19(24)16-9-17(13-3-4-13)23(22-16)14-5-6-27(25,26)10-14/h7-9,13-14H,3-6,10H2,1-2H3,(H,21,24). The van der Waals surface area contributed by atoms with Crippen molar-refractivity contribution in [2.75, 3.05) is 16.8 Å². The Labute approximate surface area is 163 Å². The van der Waals surface area contributed by atoms with E-state index in [1.807, 2.05) is 26.0 Å². The minimum Gasteiger partial charge on any atom is -0.319 e. The zero-order chi connectivity index (χ0) is 19.3. The minimum absolute atomic E-state index is 0.0956. The number of anilines is 1. The second-order valence-corrected chi connectivity index (χ2v) is 10.3. The van der Waals surface area contributed by atoms with Crippen LogP contribution in [0.4, 0.5) is 5.69 Å². The van der Waals surface area contributed by atoms with Gasteiger partial charge in [-0.15, -0.1) is 0 Å². The van der Waals surface area contributed by atoms with E-state index >= 15 is 0 Å². The first-order valence-electron chi connectivity index (χ1n) is 9.11. The Bertz CT molecular complexity index is 1000. The lowest BCUT2D eigenvalue weighted by Gasteiger charge is -2.12. The molecule has 6 nitrogen and oxygen atoms in total. The van der Waals surface area contributed by atoms with Gasteiger partial charge in [0, 0.05) is 11.6 Å². The molecule has 2 aliphatic rings. The molecule has 1 aromatic heterocycles. The summed E-state index contributed by atoms with van der Waals surface area (Å²) in [7, 11) is -3.02. The molecule has 2 heterocycles. The fourth-order valence-electron chi connectivity index (χ4n) is 3.72. The van der Waals surface area contributed by atoms with E-state index in [1.54, 1.807) is 10.7 Å². The largest absolute Gasteiger partial charge is 0.319 e. The number of sulfone groups is 1. The van der Waals surface area contributed by atoms with Gasteiger partial charge in [0.25, 0.3) is 5.91 Å². The predicted molar refractivity (Wildman–Crippen MR) is 105 cm³/mol. The Morgan fingerprint density at radius 2 is 1.96 bits per heavy atom. The molecule has 1 aliphatic carbocycles. The quantitative estimate of drug-likeness (QED) is 0.838. The van der Waals surface area contributed by atoms with E-state index in [1.165, 1.54) is 0 Å². The number of benzene rings is 1. The van der Waals surface area contributed by atoms with Crippen molar-refractivity contribution in [2.24, 2.45) is 0 Å². The molecule has 1 amide bonds. The third-order valence-corrected chi connectivity index (χ3v) is 7.27. The number of amides is 1. The Balaban J connectivity index is 1.63. The lowest BCUT2D eigenvalue weighted by molar-refractivity contribution is 0.102. The number of hydrogen-bond acceptors (Lipinski definition) is 4. The summed E-state index contributed by atoms with van der Waals surface area (Å²) in [4.78, 5) is 12.8. The van der Waals surface area contributed by atoms with Crippen molar-refractivity contribution >= 4 is 33.0 Å². The summed E-state index contributed by atoms with van der Waals surface area (Å²) < 4.78 is 25.5. The first-order chi connectivity index (χ1) is 12.7. The molecule has 0 bridgehead atoms.